The molecule has 1 heteroatoms. The van der Waals surface area contributed by atoms with E-state index < -0.39 is 5.41 Å². The summed E-state index contributed by atoms with van der Waals surface area (Å²) in [6.07, 6.45) is 0. The van der Waals surface area contributed by atoms with Gasteiger partial charge < -0.3 is 4.90 Å². The van der Waals surface area contributed by atoms with E-state index in [2.05, 4.69) is 280 Å². The van der Waals surface area contributed by atoms with Gasteiger partial charge in [0.2, 0.25) is 0 Å². The van der Waals surface area contributed by atoms with Crippen LogP contribution in [0.4, 0.5) is 17.1 Å². The standard InChI is InChI=1S/C74H49N/c1-73(2)66-27-13-9-23-58(66)62-39-35-49(42-70(62)73)47-33-36-51(37-34-47)75(52-38-40-57-55-21-6-5-19-53(55)54-20-7-8-22-56(54)64(57)43-52)72-45-71-65(44-63(72)50-32-31-46-17-3-4-18-48(46)41-50)61-26-12-16-30-69(61)74(71)67-28-14-10-24-59(67)60-25-11-15-29-68(60)74/h3-45H,1-2H3. The number of rotatable bonds is 5. The van der Waals surface area contributed by atoms with Crippen molar-refractivity contribution in [2.75, 3.05) is 4.90 Å². The summed E-state index contributed by atoms with van der Waals surface area (Å²) < 4.78 is 0. The fraction of sp³-hybridized carbons (Fsp3) is 0.0541. The molecule has 0 bridgehead atoms. The molecule has 0 N–H and O–H groups in total. The van der Waals surface area contributed by atoms with Gasteiger partial charge >= 0.3 is 0 Å². The molecule has 13 aromatic carbocycles. The largest absolute Gasteiger partial charge is 0.310 e. The van der Waals surface area contributed by atoms with Crippen LogP contribution in [-0.4, -0.2) is 0 Å². The van der Waals surface area contributed by atoms with Crippen LogP contribution in [0.3, 0.4) is 0 Å². The topological polar surface area (TPSA) is 3.24 Å². The summed E-state index contributed by atoms with van der Waals surface area (Å²) in [5, 5.41) is 10.00. The van der Waals surface area contributed by atoms with Gasteiger partial charge in [-0.05, 0) is 175 Å². The molecule has 0 aliphatic heterocycles. The molecule has 0 saturated heterocycles. The third-order valence-electron chi connectivity index (χ3n) is 17.4. The molecule has 13 aromatic rings. The number of benzene rings is 13. The Morgan fingerprint density at radius 1 is 0.253 bits per heavy atom. The van der Waals surface area contributed by atoms with E-state index in [1.54, 1.807) is 0 Å². The molecule has 0 unspecified atom stereocenters. The first-order valence-electron chi connectivity index (χ1n) is 26.4. The van der Waals surface area contributed by atoms with Crippen LogP contribution in [0.2, 0.25) is 0 Å². The third kappa shape index (κ3) is 5.84. The number of nitrogens with zero attached hydrogens (tertiary/aromatic N) is 1. The Balaban J connectivity index is 0.984. The van der Waals surface area contributed by atoms with Gasteiger partial charge in [-0.3, -0.25) is 0 Å². The second kappa shape index (κ2) is 15.6. The highest BCUT2D eigenvalue weighted by molar-refractivity contribution is 6.26. The van der Waals surface area contributed by atoms with Crippen LogP contribution >= 0.6 is 0 Å². The fourth-order valence-electron chi connectivity index (χ4n) is 14.0. The summed E-state index contributed by atoms with van der Waals surface area (Å²) >= 11 is 0. The molecule has 16 rings (SSSR count). The van der Waals surface area contributed by atoms with E-state index in [1.807, 2.05) is 0 Å². The molecular weight excluding hydrogens is 903 g/mol. The van der Waals surface area contributed by atoms with Crippen LogP contribution in [-0.2, 0) is 10.8 Å². The van der Waals surface area contributed by atoms with Gasteiger partial charge in [-0.15, -0.1) is 0 Å². The summed E-state index contributed by atoms with van der Waals surface area (Å²) in [5.74, 6) is 0. The Hall–Kier alpha value is -9.30. The molecule has 350 valence electrons. The van der Waals surface area contributed by atoms with E-state index in [-0.39, 0.29) is 5.41 Å². The molecule has 0 aromatic heterocycles. The smallest absolute Gasteiger partial charge is 0.0726 e. The summed E-state index contributed by atoms with van der Waals surface area (Å²) in [6.45, 7) is 4.74. The summed E-state index contributed by atoms with van der Waals surface area (Å²) in [5.41, 5.74) is 23.4. The normalized spacial score (nSPS) is 13.9. The van der Waals surface area contributed by atoms with Gasteiger partial charge in [-0.1, -0.05) is 226 Å². The molecule has 0 amide bonds. The third-order valence-corrected chi connectivity index (χ3v) is 17.4. The molecular formula is C74H49N. The van der Waals surface area contributed by atoms with Gasteiger partial charge in [-0.25, -0.2) is 0 Å². The SMILES string of the molecule is CC1(C)c2ccccc2-c2ccc(-c3ccc(N(c4ccc5c6ccccc6c6ccccc6c5c4)c4cc5c(cc4-c4ccc6ccccc6c4)-c4ccccc4C54c5ccccc5-c5ccccc54)cc3)cc21. The van der Waals surface area contributed by atoms with Crippen LogP contribution in [0.1, 0.15) is 47.2 Å². The van der Waals surface area contributed by atoms with E-state index in [0.29, 0.717) is 0 Å². The summed E-state index contributed by atoms with van der Waals surface area (Å²) in [4.78, 5) is 2.56. The van der Waals surface area contributed by atoms with Gasteiger partial charge in [0.25, 0.3) is 0 Å². The highest BCUT2D eigenvalue weighted by Crippen LogP contribution is 2.64. The molecule has 0 fully saturated rings. The number of anilines is 3. The van der Waals surface area contributed by atoms with Crippen LogP contribution in [0.25, 0.3) is 98.7 Å². The Labute approximate surface area is 437 Å². The number of hydrogen-bond donors (Lipinski definition) is 0. The van der Waals surface area contributed by atoms with Crippen molar-refractivity contribution in [3.05, 3.63) is 294 Å². The van der Waals surface area contributed by atoms with Crippen molar-refractivity contribution in [3.8, 4) is 55.6 Å². The first-order valence-corrected chi connectivity index (χ1v) is 26.4. The lowest BCUT2D eigenvalue weighted by Crippen LogP contribution is -2.26. The average molecular weight is 952 g/mol. The first-order chi connectivity index (χ1) is 36.9. The van der Waals surface area contributed by atoms with Crippen molar-refractivity contribution in [1.82, 2.24) is 0 Å². The minimum atomic E-state index is -0.523. The number of fused-ring (bicyclic) bond motifs is 20. The lowest BCUT2D eigenvalue weighted by molar-refractivity contribution is 0.660. The second-order valence-electron chi connectivity index (χ2n) is 21.5. The zero-order chi connectivity index (χ0) is 49.6. The Kier molecular flexibility index (Phi) is 8.79. The number of hydrogen-bond acceptors (Lipinski definition) is 1. The maximum Gasteiger partial charge on any atom is 0.0726 e. The predicted octanol–water partition coefficient (Wildman–Crippen LogP) is 19.8. The zero-order valence-electron chi connectivity index (χ0n) is 41.8. The highest BCUT2D eigenvalue weighted by Gasteiger charge is 2.52. The molecule has 75 heavy (non-hydrogen) atoms. The van der Waals surface area contributed by atoms with Gasteiger partial charge in [0.1, 0.15) is 0 Å². The maximum atomic E-state index is 2.58. The Bertz CT molecular complexity index is 4490. The maximum absolute atomic E-state index is 2.58. The van der Waals surface area contributed by atoms with E-state index in [9.17, 15) is 0 Å². The van der Waals surface area contributed by atoms with Crippen molar-refractivity contribution >= 4 is 60.2 Å². The van der Waals surface area contributed by atoms with E-state index >= 15 is 0 Å². The average Bonchev–Trinajstić information content (AvgIpc) is 4.12. The monoisotopic (exact) mass is 951 g/mol. The van der Waals surface area contributed by atoms with Gasteiger partial charge in [0.05, 0.1) is 11.1 Å². The molecule has 0 heterocycles. The van der Waals surface area contributed by atoms with Gasteiger partial charge in [-0.2, -0.15) is 0 Å². The Morgan fingerprint density at radius 2 is 0.720 bits per heavy atom. The quantitative estimate of drug-likeness (QED) is 0.155. The predicted molar refractivity (Wildman–Crippen MR) is 316 cm³/mol. The van der Waals surface area contributed by atoms with Crippen molar-refractivity contribution in [3.63, 3.8) is 0 Å². The molecule has 3 aliphatic carbocycles. The fourth-order valence-corrected chi connectivity index (χ4v) is 14.0. The van der Waals surface area contributed by atoms with Gasteiger partial charge in [0, 0.05) is 22.4 Å². The summed E-state index contributed by atoms with van der Waals surface area (Å²) in [7, 11) is 0. The van der Waals surface area contributed by atoms with Crippen molar-refractivity contribution in [2.45, 2.75) is 24.7 Å². The molecule has 3 aliphatic rings. The van der Waals surface area contributed by atoms with Gasteiger partial charge in [0.15, 0.2) is 0 Å². The van der Waals surface area contributed by atoms with E-state index in [1.165, 1.54) is 132 Å². The van der Waals surface area contributed by atoms with E-state index in [0.717, 1.165) is 17.1 Å². The van der Waals surface area contributed by atoms with Crippen molar-refractivity contribution in [2.24, 2.45) is 0 Å². The zero-order valence-corrected chi connectivity index (χ0v) is 41.8. The van der Waals surface area contributed by atoms with Crippen molar-refractivity contribution in [1.29, 1.82) is 0 Å². The lowest BCUT2D eigenvalue weighted by Gasteiger charge is -2.33. The van der Waals surface area contributed by atoms with Crippen LogP contribution in [0.5, 0.6) is 0 Å². The summed E-state index contributed by atoms with van der Waals surface area (Å²) in [6, 6.07) is 98.8. The minimum absolute atomic E-state index is 0.0889. The van der Waals surface area contributed by atoms with Crippen LogP contribution in [0.15, 0.2) is 261 Å². The molecule has 1 spiro atoms. The molecule has 0 radical (unpaired) electrons. The molecule has 0 atom stereocenters. The minimum Gasteiger partial charge on any atom is -0.310 e. The molecule has 1 nitrogen and oxygen atoms in total. The van der Waals surface area contributed by atoms with Crippen molar-refractivity contribution < 1.29 is 0 Å². The van der Waals surface area contributed by atoms with E-state index in [4.69, 9.17) is 0 Å². The Morgan fingerprint density at radius 3 is 1.36 bits per heavy atom. The highest BCUT2D eigenvalue weighted by atomic mass is 15.1. The van der Waals surface area contributed by atoms with Crippen LogP contribution < -0.4 is 4.90 Å². The first kappa shape index (κ1) is 42.2. The molecule has 0 saturated carbocycles. The lowest BCUT2D eigenvalue weighted by atomic mass is 9.70. The van der Waals surface area contributed by atoms with Crippen LogP contribution in [0, 0.1) is 0 Å². The second-order valence-corrected chi connectivity index (χ2v) is 21.5.